The highest BCUT2D eigenvalue weighted by Gasteiger charge is 2.20. The van der Waals surface area contributed by atoms with Crippen molar-refractivity contribution in [2.24, 2.45) is 11.8 Å². The first kappa shape index (κ1) is 16.1. The Labute approximate surface area is 172 Å². The van der Waals surface area contributed by atoms with Crippen LogP contribution in [0.5, 0.6) is 0 Å². The predicted octanol–water partition coefficient (Wildman–Crippen LogP) is 8.09. The lowest BCUT2D eigenvalue weighted by Crippen LogP contribution is -2.15. The molecule has 0 amide bonds. The number of aryl methyl sites for hydroxylation is 1. The van der Waals surface area contributed by atoms with Gasteiger partial charge in [0.15, 0.2) is 0 Å². The van der Waals surface area contributed by atoms with Gasteiger partial charge in [-0.15, -0.1) is 0 Å². The van der Waals surface area contributed by atoms with Crippen molar-refractivity contribution in [1.29, 1.82) is 0 Å². The highest BCUT2D eigenvalue weighted by atomic mass is 19.1. The van der Waals surface area contributed by atoms with E-state index in [9.17, 15) is 13.2 Å². The fourth-order valence-electron chi connectivity index (χ4n) is 4.24. The molecule has 2 aromatic rings. The third-order valence-corrected chi connectivity index (χ3v) is 5.92. The third kappa shape index (κ3) is 5.86. The van der Waals surface area contributed by atoms with Crippen LogP contribution in [-0.4, -0.2) is 0 Å². The van der Waals surface area contributed by atoms with Crippen LogP contribution in [0.25, 0.3) is 11.1 Å². The molecule has 0 N–H and O–H groups in total. The summed E-state index contributed by atoms with van der Waals surface area (Å²) >= 11 is 0. The Hall–Kier alpha value is -1.77. The zero-order valence-corrected chi connectivity index (χ0v) is 16.5. The molecule has 1 fully saturated rings. The minimum atomic E-state index is -1.44. The minimum Gasteiger partial charge on any atom is -0.207 e. The zero-order valence-electron chi connectivity index (χ0n) is 20.5. The summed E-state index contributed by atoms with van der Waals surface area (Å²) in [7, 11) is 0. The number of hydrogen-bond acceptors (Lipinski definition) is 0. The van der Waals surface area contributed by atoms with Gasteiger partial charge in [0.2, 0.25) is 0 Å². The molecule has 0 radical (unpaired) electrons. The lowest BCUT2D eigenvalue weighted by Gasteiger charge is -2.28. The van der Waals surface area contributed by atoms with Crippen molar-refractivity contribution in [2.45, 2.75) is 71.1 Å². The molecule has 0 bridgehead atoms. The maximum atomic E-state index is 15.0. The van der Waals surface area contributed by atoms with E-state index in [1.165, 1.54) is 44.6 Å². The van der Waals surface area contributed by atoms with E-state index in [4.69, 9.17) is 5.48 Å². The van der Waals surface area contributed by atoms with E-state index in [0.717, 1.165) is 25.2 Å². The molecular formula is C25H31F3. The lowest BCUT2D eigenvalue weighted by atomic mass is 9.78. The first-order valence-corrected chi connectivity index (χ1v) is 10.5. The molecule has 0 aromatic heterocycles. The van der Waals surface area contributed by atoms with E-state index < -0.39 is 41.1 Å². The van der Waals surface area contributed by atoms with Gasteiger partial charge < -0.3 is 0 Å². The van der Waals surface area contributed by atoms with Gasteiger partial charge in [0.25, 0.3) is 0 Å². The van der Waals surface area contributed by atoms with Gasteiger partial charge in [0.05, 0.1) is 5.48 Å². The summed E-state index contributed by atoms with van der Waals surface area (Å²) in [5.74, 6) is -2.48. The first-order chi connectivity index (χ1) is 15.3. The molecule has 1 aliphatic rings. The molecule has 2 aromatic carbocycles. The van der Waals surface area contributed by atoms with Crippen molar-refractivity contribution in [3.8, 4) is 11.1 Å². The highest BCUT2D eigenvalue weighted by Crippen LogP contribution is 2.34. The number of unbranched alkanes of at least 4 members (excludes halogenated alkanes) is 2. The molecule has 0 saturated heterocycles. The number of hydrogen-bond donors (Lipinski definition) is 0. The molecule has 1 aliphatic carbocycles. The van der Waals surface area contributed by atoms with Crippen molar-refractivity contribution >= 4 is 0 Å². The van der Waals surface area contributed by atoms with Crippen LogP contribution < -0.4 is 0 Å². The molecule has 0 aliphatic heterocycles. The van der Waals surface area contributed by atoms with Crippen molar-refractivity contribution in [3.05, 3.63) is 59.3 Å². The van der Waals surface area contributed by atoms with Crippen LogP contribution in [0.3, 0.4) is 0 Å². The van der Waals surface area contributed by atoms with Gasteiger partial charge >= 0.3 is 0 Å². The van der Waals surface area contributed by atoms with Crippen LogP contribution in [-0.2, 0) is 6.42 Å². The Kier molecular flexibility index (Phi) is 5.82. The van der Waals surface area contributed by atoms with E-state index in [2.05, 4.69) is 6.92 Å². The summed E-state index contributed by atoms with van der Waals surface area (Å²) in [6.45, 7) is 2.22. The molecule has 0 atom stereocenters. The van der Waals surface area contributed by atoms with Gasteiger partial charge in [-0.05, 0) is 53.9 Å². The van der Waals surface area contributed by atoms with Gasteiger partial charge in [0.1, 0.15) is 17.5 Å². The average molecular weight is 393 g/mol. The number of rotatable bonds is 8. The summed E-state index contributed by atoms with van der Waals surface area (Å²) in [5, 5.41) is 0. The Balaban J connectivity index is 1.69. The van der Waals surface area contributed by atoms with Crippen LogP contribution in [0, 0.1) is 29.3 Å². The molecule has 3 rings (SSSR count). The number of benzene rings is 2. The summed E-state index contributed by atoms with van der Waals surface area (Å²) in [5.41, 5.74) is -0.387. The quantitative estimate of drug-likeness (QED) is 0.398. The van der Waals surface area contributed by atoms with E-state index >= 15 is 0 Å². The molecule has 152 valence electrons. The van der Waals surface area contributed by atoms with Gasteiger partial charge in [-0.1, -0.05) is 70.4 Å². The topological polar surface area (TPSA) is 0 Å². The molecule has 28 heavy (non-hydrogen) atoms. The van der Waals surface area contributed by atoms with Crippen LogP contribution in [0.4, 0.5) is 13.2 Å². The smallest absolute Gasteiger partial charge is 0.131 e. The minimum absolute atomic E-state index is 0.348. The SMILES string of the molecule is [2H]c1c(CCC2CCC(CCCCC)CC2)ccc(-c2c([2H])c(F)c([2H])c(F)c2[2H])c1F. The van der Waals surface area contributed by atoms with Gasteiger partial charge in [0, 0.05) is 11.6 Å². The van der Waals surface area contributed by atoms with Crippen LogP contribution >= 0.6 is 0 Å². The summed E-state index contributed by atoms with van der Waals surface area (Å²) < 4.78 is 74.1. The second-order valence-corrected chi connectivity index (χ2v) is 8.01. The molecule has 0 nitrogen and oxygen atoms in total. The van der Waals surface area contributed by atoms with Crippen molar-refractivity contribution in [1.82, 2.24) is 0 Å². The maximum absolute atomic E-state index is 15.0. The summed E-state index contributed by atoms with van der Waals surface area (Å²) in [6, 6.07) is -0.481. The number of halogens is 3. The van der Waals surface area contributed by atoms with E-state index in [1.807, 2.05) is 0 Å². The van der Waals surface area contributed by atoms with Crippen LogP contribution in [0.2, 0.25) is 0 Å². The van der Waals surface area contributed by atoms with Gasteiger partial charge in [-0.25, -0.2) is 13.2 Å². The Bertz CT molecular complexity index is 924. The van der Waals surface area contributed by atoms with Crippen molar-refractivity contribution < 1.29 is 18.7 Å². The molecule has 1 saturated carbocycles. The second kappa shape index (κ2) is 10.1. The second-order valence-electron chi connectivity index (χ2n) is 8.01. The Morgan fingerprint density at radius 3 is 2.14 bits per heavy atom. The highest BCUT2D eigenvalue weighted by molar-refractivity contribution is 5.64. The molecule has 0 unspecified atom stereocenters. The van der Waals surface area contributed by atoms with E-state index in [1.54, 1.807) is 6.07 Å². The first-order valence-electron chi connectivity index (χ1n) is 12.5. The molecule has 0 spiro atoms. The standard InChI is InChI=1S/C25H31F3/c1-2-3-4-5-18-6-8-19(9-7-18)10-11-20-12-13-24(25(28)14-20)21-15-22(26)17-23(27)16-21/h12-19H,2-11H2,1H3/i14D,15D,16D,17D. The van der Waals surface area contributed by atoms with Crippen LogP contribution in [0.15, 0.2) is 36.3 Å². The lowest BCUT2D eigenvalue weighted by molar-refractivity contribution is 0.249. The molecular weight excluding hydrogens is 357 g/mol. The maximum Gasteiger partial charge on any atom is 0.131 e. The monoisotopic (exact) mass is 392 g/mol. The Morgan fingerprint density at radius 2 is 1.50 bits per heavy atom. The molecule has 3 heteroatoms. The van der Waals surface area contributed by atoms with Gasteiger partial charge in [-0.2, -0.15) is 0 Å². The van der Waals surface area contributed by atoms with Crippen LogP contribution in [0.1, 0.15) is 75.8 Å². The molecule has 0 heterocycles. The summed E-state index contributed by atoms with van der Waals surface area (Å²) in [6.07, 6.45) is 11.4. The zero-order chi connectivity index (χ0) is 23.4. The Morgan fingerprint density at radius 1 is 0.857 bits per heavy atom. The summed E-state index contributed by atoms with van der Waals surface area (Å²) in [4.78, 5) is 0. The fraction of sp³-hybridized carbons (Fsp3) is 0.520. The normalized spacial score (nSPS) is 21.7. The predicted molar refractivity (Wildman–Crippen MR) is 110 cm³/mol. The fourth-order valence-corrected chi connectivity index (χ4v) is 4.24. The van der Waals surface area contributed by atoms with E-state index in [-0.39, 0.29) is 11.6 Å². The average Bonchev–Trinajstić information content (AvgIpc) is 2.79. The largest absolute Gasteiger partial charge is 0.207 e. The van der Waals surface area contributed by atoms with E-state index in [0.29, 0.717) is 17.9 Å². The van der Waals surface area contributed by atoms with Gasteiger partial charge in [-0.3, -0.25) is 0 Å². The third-order valence-electron chi connectivity index (χ3n) is 5.92. The van der Waals surface area contributed by atoms with Crippen molar-refractivity contribution in [3.63, 3.8) is 0 Å². The van der Waals surface area contributed by atoms with Crippen molar-refractivity contribution in [2.75, 3.05) is 0 Å².